The molecule has 1 aliphatic heterocycles. The molecule has 22 heavy (non-hydrogen) atoms. The van der Waals surface area contributed by atoms with Gasteiger partial charge in [-0.15, -0.1) is 0 Å². The maximum absolute atomic E-state index is 12.5. The van der Waals surface area contributed by atoms with Crippen LogP contribution in [0.2, 0.25) is 0 Å². The smallest absolute Gasteiger partial charge is 0.307 e. The zero-order valence-electron chi connectivity index (χ0n) is 13.3. The van der Waals surface area contributed by atoms with Gasteiger partial charge in [0, 0.05) is 18.8 Å². The number of rotatable bonds is 5. The van der Waals surface area contributed by atoms with Crippen molar-refractivity contribution < 1.29 is 14.3 Å². The van der Waals surface area contributed by atoms with Crippen molar-refractivity contribution in [3.05, 3.63) is 30.3 Å². The Bertz CT molecular complexity index is 504. The van der Waals surface area contributed by atoms with Crippen LogP contribution in [0.5, 0.6) is 0 Å². The molecule has 5 heteroatoms. The number of carbonyl (C=O) groups excluding carboxylic acids is 2. The molecule has 0 N–H and O–H groups in total. The number of benzene rings is 1. The Hall–Kier alpha value is -1.88. The highest BCUT2D eigenvalue weighted by molar-refractivity contribution is 5.94. The summed E-state index contributed by atoms with van der Waals surface area (Å²) < 4.78 is 4.76. The number of amides is 1. The van der Waals surface area contributed by atoms with Crippen LogP contribution >= 0.6 is 0 Å². The molecule has 120 valence electrons. The van der Waals surface area contributed by atoms with Gasteiger partial charge in [-0.25, -0.2) is 0 Å². The van der Waals surface area contributed by atoms with Crippen molar-refractivity contribution in [3.8, 4) is 0 Å². The Labute approximate surface area is 131 Å². The number of esters is 1. The third-order valence-corrected chi connectivity index (χ3v) is 4.23. The van der Waals surface area contributed by atoms with Crippen LogP contribution in [0, 0.1) is 0 Å². The highest BCUT2D eigenvalue weighted by Crippen LogP contribution is 2.21. The van der Waals surface area contributed by atoms with Crippen LogP contribution in [-0.4, -0.2) is 50.1 Å². The third kappa shape index (κ3) is 4.31. The zero-order valence-corrected chi connectivity index (χ0v) is 13.3. The number of hydrogen-bond donors (Lipinski definition) is 0. The number of piperidine rings is 1. The van der Waals surface area contributed by atoms with Crippen molar-refractivity contribution in [1.29, 1.82) is 0 Å². The van der Waals surface area contributed by atoms with Gasteiger partial charge >= 0.3 is 5.97 Å². The lowest BCUT2D eigenvalue weighted by atomic mass is 9.99. The molecule has 1 heterocycles. The molecule has 1 atom stereocenters. The molecule has 0 radical (unpaired) electrons. The highest BCUT2D eigenvalue weighted by atomic mass is 16.5. The first-order valence-electron chi connectivity index (χ1n) is 7.74. The van der Waals surface area contributed by atoms with Crippen LogP contribution in [0.4, 0.5) is 5.69 Å². The Morgan fingerprint density at radius 3 is 2.68 bits per heavy atom. The summed E-state index contributed by atoms with van der Waals surface area (Å²) in [6, 6.07) is 9.70. The Balaban J connectivity index is 1.97. The summed E-state index contributed by atoms with van der Waals surface area (Å²) >= 11 is 0. The fourth-order valence-electron chi connectivity index (χ4n) is 2.85. The summed E-state index contributed by atoms with van der Waals surface area (Å²) in [5.74, 6) is -0.163. The maximum atomic E-state index is 12.5. The molecule has 0 aromatic heterocycles. The van der Waals surface area contributed by atoms with Crippen molar-refractivity contribution in [2.75, 3.05) is 32.1 Å². The molecule has 0 aliphatic carbocycles. The fraction of sp³-hybridized carbons (Fsp3) is 0.529. The number of carbonyl (C=O) groups is 2. The Morgan fingerprint density at radius 2 is 2.00 bits per heavy atom. The van der Waals surface area contributed by atoms with E-state index in [0.29, 0.717) is 13.0 Å². The van der Waals surface area contributed by atoms with Gasteiger partial charge in [0.1, 0.15) is 0 Å². The largest absolute Gasteiger partial charge is 0.469 e. The van der Waals surface area contributed by atoms with Gasteiger partial charge < -0.3 is 9.64 Å². The Morgan fingerprint density at radius 1 is 1.27 bits per heavy atom. The molecule has 1 aromatic rings. The van der Waals surface area contributed by atoms with Gasteiger partial charge in [0.15, 0.2) is 0 Å². The average molecular weight is 304 g/mol. The minimum Gasteiger partial charge on any atom is -0.469 e. The predicted molar refractivity (Wildman–Crippen MR) is 85.7 cm³/mol. The molecule has 1 saturated heterocycles. The van der Waals surface area contributed by atoms with E-state index in [-0.39, 0.29) is 17.9 Å². The van der Waals surface area contributed by atoms with Crippen LogP contribution in [0.1, 0.15) is 25.7 Å². The van der Waals surface area contributed by atoms with Crippen molar-refractivity contribution >= 4 is 17.6 Å². The first kappa shape index (κ1) is 16.5. The van der Waals surface area contributed by atoms with Crippen LogP contribution in [-0.2, 0) is 14.3 Å². The quantitative estimate of drug-likeness (QED) is 0.781. The number of methoxy groups -OCH3 is 1. The van der Waals surface area contributed by atoms with E-state index in [4.69, 9.17) is 4.74 Å². The second-order valence-electron chi connectivity index (χ2n) is 5.69. The number of para-hydroxylation sites is 1. The molecule has 1 amide bonds. The zero-order chi connectivity index (χ0) is 15.9. The SMILES string of the molecule is COC(=O)CC1CCCCN1CC(=O)N(C)c1ccccc1. The van der Waals surface area contributed by atoms with Crippen LogP contribution in [0.15, 0.2) is 30.3 Å². The third-order valence-electron chi connectivity index (χ3n) is 4.23. The van der Waals surface area contributed by atoms with Crippen molar-refractivity contribution in [3.63, 3.8) is 0 Å². The van der Waals surface area contributed by atoms with E-state index in [0.717, 1.165) is 31.5 Å². The average Bonchev–Trinajstić information content (AvgIpc) is 2.56. The summed E-state index contributed by atoms with van der Waals surface area (Å²) in [5.41, 5.74) is 0.883. The number of anilines is 1. The van der Waals surface area contributed by atoms with Crippen molar-refractivity contribution in [1.82, 2.24) is 4.90 Å². The molecule has 2 rings (SSSR count). The van der Waals surface area contributed by atoms with E-state index in [9.17, 15) is 9.59 Å². The second-order valence-corrected chi connectivity index (χ2v) is 5.69. The summed E-state index contributed by atoms with van der Waals surface area (Å²) in [4.78, 5) is 27.8. The lowest BCUT2D eigenvalue weighted by Gasteiger charge is -2.35. The van der Waals surface area contributed by atoms with Gasteiger partial charge in [0.2, 0.25) is 5.91 Å². The summed E-state index contributed by atoms with van der Waals surface area (Å²) in [7, 11) is 3.20. The topological polar surface area (TPSA) is 49.9 Å². The molecule has 1 aliphatic rings. The van der Waals surface area contributed by atoms with E-state index in [2.05, 4.69) is 4.90 Å². The summed E-state index contributed by atoms with van der Waals surface area (Å²) in [6.07, 6.45) is 3.47. The van der Waals surface area contributed by atoms with E-state index in [1.807, 2.05) is 30.3 Å². The van der Waals surface area contributed by atoms with Gasteiger partial charge in [0.25, 0.3) is 0 Å². The van der Waals surface area contributed by atoms with Gasteiger partial charge in [-0.05, 0) is 31.5 Å². The van der Waals surface area contributed by atoms with Gasteiger partial charge in [-0.3, -0.25) is 14.5 Å². The summed E-state index contributed by atoms with van der Waals surface area (Å²) in [5, 5.41) is 0. The minimum absolute atomic E-state index is 0.0444. The lowest BCUT2D eigenvalue weighted by molar-refractivity contribution is -0.142. The number of ether oxygens (including phenoxy) is 1. The molecule has 0 bridgehead atoms. The number of hydrogen-bond acceptors (Lipinski definition) is 4. The molecule has 1 fully saturated rings. The lowest BCUT2D eigenvalue weighted by Crippen LogP contribution is -2.46. The van der Waals surface area contributed by atoms with E-state index >= 15 is 0 Å². The molecule has 0 spiro atoms. The Kier molecular flexibility index (Phi) is 5.95. The number of nitrogens with zero attached hydrogens (tertiary/aromatic N) is 2. The molecular formula is C17H24N2O3. The van der Waals surface area contributed by atoms with Crippen LogP contribution in [0.25, 0.3) is 0 Å². The number of likely N-dealkylation sites (N-methyl/N-ethyl adjacent to an activating group) is 1. The monoisotopic (exact) mass is 304 g/mol. The summed E-state index contributed by atoms with van der Waals surface area (Å²) in [6.45, 7) is 1.20. The van der Waals surface area contributed by atoms with Gasteiger partial charge in [0.05, 0.1) is 20.1 Å². The molecule has 1 unspecified atom stereocenters. The molecule has 0 saturated carbocycles. The van der Waals surface area contributed by atoms with Gasteiger partial charge in [-0.1, -0.05) is 24.6 Å². The van der Waals surface area contributed by atoms with Crippen molar-refractivity contribution in [2.45, 2.75) is 31.7 Å². The highest BCUT2D eigenvalue weighted by Gasteiger charge is 2.27. The molecule has 5 nitrogen and oxygen atoms in total. The fourth-order valence-corrected chi connectivity index (χ4v) is 2.85. The van der Waals surface area contributed by atoms with Gasteiger partial charge in [-0.2, -0.15) is 0 Å². The number of likely N-dealkylation sites (tertiary alicyclic amines) is 1. The maximum Gasteiger partial charge on any atom is 0.307 e. The predicted octanol–water partition coefficient (Wildman–Crippen LogP) is 2.07. The minimum atomic E-state index is -0.208. The van der Waals surface area contributed by atoms with E-state index in [1.54, 1.807) is 11.9 Å². The van der Waals surface area contributed by atoms with E-state index < -0.39 is 0 Å². The first-order valence-corrected chi connectivity index (χ1v) is 7.74. The molecular weight excluding hydrogens is 280 g/mol. The normalized spacial score (nSPS) is 18.7. The second kappa shape index (κ2) is 7.94. The first-order chi connectivity index (χ1) is 10.6. The van der Waals surface area contributed by atoms with E-state index in [1.165, 1.54) is 7.11 Å². The van der Waals surface area contributed by atoms with Crippen LogP contribution < -0.4 is 4.90 Å². The molecule has 1 aromatic carbocycles. The van der Waals surface area contributed by atoms with Crippen LogP contribution in [0.3, 0.4) is 0 Å². The standard InChI is InChI=1S/C17H24N2O3/c1-18(14-8-4-3-5-9-14)16(20)13-19-11-7-6-10-15(19)12-17(21)22-2/h3-5,8-9,15H,6-7,10-13H2,1-2H3. The van der Waals surface area contributed by atoms with Crippen molar-refractivity contribution in [2.24, 2.45) is 0 Å².